The topological polar surface area (TPSA) is 59.2 Å². The lowest BCUT2D eigenvalue weighted by Gasteiger charge is -2.15. The average Bonchev–Trinajstić information content (AvgIpc) is 3.27. The van der Waals surface area contributed by atoms with E-state index in [0.717, 1.165) is 11.3 Å². The van der Waals surface area contributed by atoms with E-state index in [1.54, 1.807) is 23.7 Å². The summed E-state index contributed by atoms with van der Waals surface area (Å²) in [7, 11) is 1.73. The molecule has 0 aliphatic rings. The highest BCUT2D eigenvalue weighted by atomic mass is 32.2. The molecule has 6 heteroatoms. The highest BCUT2D eigenvalue weighted by Crippen LogP contribution is 2.23. The normalized spacial score (nSPS) is 10.8. The van der Waals surface area contributed by atoms with E-state index in [2.05, 4.69) is 22.3 Å². The molecule has 0 aliphatic heterocycles. The second-order valence-electron chi connectivity index (χ2n) is 7.34. The number of aryl methyl sites for hydroxylation is 1. The number of hydrogen-bond donors (Lipinski definition) is 0. The third-order valence-electron chi connectivity index (χ3n) is 4.85. The Bertz CT molecular complexity index is 1140. The third-order valence-corrected chi connectivity index (χ3v) is 5.93. The predicted octanol–water partition coefficient (Wildman–Crippen LogP) is 5.61. The lowest BCUT2D eigenvalue weighted by atomic mass is 10.1. The van der Waals surface area contributed by atoms with Crippen molar-refractivity contribution in [1.82, 2.24) is 15.0 Å². The van der Waals surface area contributed by atoms with Crippen LogP contribution in [0.15, 0.2) is 88.3 Å². The molecule has 1 amide bonds. The number of benzene rings is 3. The van der Waals surface area contributed by atoms with E-state index in [9.17, 15) is 4.79 Å². The summed E-state index contributed by atoms with van der Waals surface area (Å²) in [5.74, 6) is 1.70. The van der Waals surface area contributed by atoms with Gasteiger partial charge >= 0.3 is 0 Å². The van der Waals surface area contributed by atoms with Crippen LogP contribution in [0, 0.1) is 6.92 Å². The minimum Gasteiger partial charge on any atom is -0.337 e. The summed E-state index contributed by atoms with van der Waals surface area (Å²) in [4.78, 5) is 20.0. The minimum absolute atomic E-state index is 0.0858. The number of aromatic nitrogens is 2. The molecule has 0 bridgehead atoms. The van der Waals surface area contributed by atoms with Gasteiger partial charge in [-0.25, -0.2) is 0 Å². The summed E-state index contributed by atoms with van der Waals surface area (Å²) < 4.78 is 5.34. The summed E-state index contributed by atoms with van der Waals surface area (Å²) in [6.07, 6.45) is 0. The number of carbonyl (C=O) groups excluding carboxylic acids is 1. The van der Waals surface area contributed by atoms with Crippen LogP contribution in [-0.2, 0) is 12.3 Å². The van der Waals surface area contributed by atoms with Crippen LogP contribution in [0.3, 0.4) is 0 Å². The molecule has 4 aromatic rings. The molecule has 156 valence electrons. The Morgan fingerprint density at radius 1 is 0.968 bits per heavy atom. The zero-order valence-corrected chi connectivity index (χ0v) is 18.3. The van der Waals surface area contributed by atoms with Crippen molar-refractivity contribution in [2.24, 2.45) is 0 Å². The van der Waals surface area contributed by atoms with Crippen molar-refractivity contribution < 1.29 is 9.32 Å². The highest BCUT2D eigenvalue weighted by molar-refractivity contribution is 7.98. The van der Waals surface area contributed by atoms with Crippen LogP contribution in [0.4, 0.5) is 0 Å². The molecule has 0 saturated heterocycles. The first kappa shape index (κ1) is 20.9. The van der Waals surface area contributed by atoms with Crippen molar-refractivity contribution in [3.63, 3.8) is 0 Å². The number of amides is 1. The summed E-state index contributed by atoms with van der Waals surface area (Å²) in [5, 5.41) is 4.03. The zero-order valence-electron chi connectivity index (χ0n) is 17.5. The quantitative estimate of drug-likeness (QED) is 0.357. The van der Waals surface area contributed by atoms with Gasteiger partial charge in [0.05, 0.1) is 6.54 Å². The number of rotatable bonds is 7. The minimum atomic E-state index is -0.0858. The molecule has 3 aromatic carbocycles. The molecule has 0 N–H and O–H groups in total. The van der Waals surface area contributed by atoms with Crippen LogP contribution in [0.25, 0.3) is 11.4 Å². The molecule has 1 heterocycles. The van der Waals surface area contributed by atoms with Gasteiger partial charge in [-0.05, 0) is 36.8 Å². The largest absolute Gasteiger partial charge is 0.337 e. The van der Waals surface area contributed by atoms with Gasteiger partial charge in [0, 0.05) is 28.8 Å². The number of thioether (sulfide) groups is 1. The van der Waals surface area contributed by atoms with Gasteiger partial charge in [0.25, 0.3) is 5.91 Å². The van der Waals surface area contributed by atoms with Crippen molar-refractivity contribution in [3.05, 3.63) is 101 Å². The second kappa shape index (κ2) is 9.62. The van der Waals surface area contributed by atoms with E-state index in [-0.39, 0.29) is 12.5 Å². The maximum atomic E-state index is 12.8. The van der Waals surface area contributed by atoms with Gasteiger partial charge in [0.1, 0.15) is 0 Å². The van der Waals surface area contributed by atoms with Crippen LogP contribution in [0.1, 0.15) is 27.4 Å². The van der Waals surface area contributed by atoms with Crippen molar-refractivity contribution in [2.75, 3.05) is 7.05 Å². The van der Waals surface area contributed by atoms with E-state index in [4.69, 9.17) is 4.52 Å². The summed E-state index contributed by atoms with van der Waals surface area (Å²) in [6.45, 7) is 2.28. The molecule has 0 spiro atoms. The smallest absolute Gasteiger partial charge is 0.254 e. The van der Waals surface area contributed by atoms with E-state index >= 15 is 0 Å². The Kier molecular flexibility index (Phi) is 6.48. The van der Waals surface area contributed by atoms with E-state index in [1.807, 2.05) is 73.7 Å². The van der Waals surface area contributed by atoms with Crippen molar-refractivity contribution in [1.29, 1.82) is 0 Å². The molecule has 0 saturated carbocycles. The molecule has 4 rings (SSSR count). The third kappa shape index (κ3) is 5.41. The summed E-state index contributed by atoms with van der Waals surface area (Å²) in [6, 6.07) is 25.9. The lowest BCUT2D eigenvalue weighted by molar-refractivity contribution is 0.0769. The molecule has 31 heavy (non-hydrogen) atoms. The Morgan fingerprint density at radius 2 is 1.68 bits per heavy atom. The first-order valence-corrected chi connectivity index (χ1v) is 11.0. The SMILES string of the molecule is Cc1ccc(-c2noc(CN(C)C(=O)c3ccc(CSc4ccccc4)cc3)n2)cc1. The maximum Gasteiger partial charge on any atom is 0.254 e. The fraction of sp³-hybridized carbons (Fsp3) is 0.160. The number of nitrogens with zero attached hydrogens (tertiary/aromatic N) is 3. The Hall–Kier alpha value is -3.38. The van der Waals surface area contributed by atoms with Gasteiger partial charge in [0.2, 0.25) is 11.7 Å². The maximum absolute atomic E-state index is 12.8. The van der Waals surface area contributed by atoms with Gasteiger partial charge in [-0.2, -0.15) is 4.98 Å². The predicted molar refractivity (Wildman–Crippen MR) is 123 cm³/mol. The monoisotopic (exact) mass is 429 g/mol. The standard InChI is InChI=1S/C25H23N3O2S/c1-18-8-12-20(13-9-18)24-26-23(30-27-24)16-28(2)25(29)21-14-10-19(11-15-21)17-31-22-6-4-3-5-7-22/h3-15H,16-17H2,1-2H3. The average molecular weight is 430 g/mol. The van der Waals surface area contributed by atoms with E-state index < -0.39 is 0 Å². The number of hydrogen-bond acceptors (Lipinski definition) is 5. The van der Waals surface area contributed by atoms with Gasteiger partial charge in [-0.3, -0.25) is 4.79 Å². The Morgan fingerprint density at radius 3 is 2.39 bits per heavy atom. The van der Waals surface area contributed by atoms with Crippen LogP contribution in [0.5, 0.6) is 0 Å². The van der Waals surface area contributed by atoms with Crippen molar-refractivity contribution >= 4 is 17.7 Å². The summed E-state index contributed by atoms with van der Waals surface area (Å²) in [5.41, 5.74) is 3.86. The van der Waals surface area contributed by atoms with Gasteiger partial charge in [-0.15, -0.1) is 11.8 Å². The molecular weight excluding hydrogens is 406 g/mol. The first-order valence-electron chi connectivity index (χ1n) is 10.0. The van der Waals surface area contributed by atoms with Crippen LogP contribution in [-0.4, -0.2) is 28.0 Å². The molecule has 5 nitrogen and oxygen atoms in total. The molecule has 0 radical (unpaired) electrons. The van der Waals surface area contributed by atoms with E-state index in [0.29, 0.717) is 17.3 Å². The second-order valence-corrected chi connectivity index (χ2v) is 8.39. The molecule has 0 atom stereocenters. The van der Waals surface area contributed by atoms with Crippen LogP contribution in [0.2, 0.25) is 0 Å². The van der Waals surface area contributed by atoms with Crippen molar-refractivity contribution in [2.45, 2.75) is 24.1 Å². The summed E-state index contributed by atoms with van der Waals surface area (Å²) >= 11 is 1.77. The molecule has 1 aromatic heterocycles. The number of carbonyl (C=O) groups is 1. The Labute approximate surface area is 186 Å². The molecule has 0 fully saturated rings. The Balaban J connectivity index is 1.35. The zero-order chi connectivity index (χ0) is 21.6. The van der Waals surface area contributed by atoms with Gasteiger partial charge in [0.15, 0.2) is 0 Å². The molecule has 0 unspecified atom stereocenters. The highest BCUT2D eigenvalue weighted by Gasteiger charge is 2.16. The lowest BCUT2D eigenvalue weighted by Crippen LogP contribution is -2.26. The van der Waals surface area contributed by atoms with E-state index in [1.165, 1.54) is 16.0 Å². The van der Waals surface area contributed by atoms with Crippen molar-refractivity contribution in [3.8, 4) is 11.4 Å². The molecule has 0 aliphatic carbocycles. The fourth-order valence-corrected chi connectivity index (χ4v) is 3.94. The molecular formula is C25H23N3O2S. The first-order chi connectivity index (χ1) is 15.1. The fourth-order valence-electron chi connectivity index (χ4n) is 3.06. The van der Waals surface area contributed by atoms with Crippen LogP contribution >= 0.6 is 11.8 Å². The van der Waals surface area contributed by atoms with Crippen LogP contribution < -0.4 is 0 Å². The van der Waals surface area contributed by atoms with Gasteiger partial charge < -0.3 is 9.42 Å². The van der Waals surface area contributed by atoms with Gasteiger partial charge in [-0.1, -0.05) is 65.3 Å².